The van der Waals surface area contributed by atoms with E-state index in [-0.39, 0.29) is 0 Å². The van der Waals surface area contributed by atoms with Crippen molar-refractivity contribution in [2.24, 2.45) is 7.05 Å². The molecule has 78 valence electrons. The van der Waals surface area contributed by atoms with Gasteiger partial charge in [0.2, 0.25) is 0 Å². The highest BCUT2D eigenvalue weighted by Crippen LogP contribution is 2.27. The van der Waals surface area contributed by atoms with Gasteiger partial charge in [-0.1, -0.05) is 0 Å². The Morgan fingerprint density at radius 3 is 3.07 bits per heavy atom. The van der Waals surface area contributed by atoms with Crippen LogP contribution < -0.4 is 0 Å². The molecule has 15 heavy (non-hydrogen) atoms. The minimum atomic E-state index is 1.04. The molecule has 3 heterocycles. The lowest BCUT2D eigenvalue weighted by atomic mass is 10.1. The number of likely N-dealkylation sites (N-methyl/N-ethyl adjacent to an activating group) is 1. The van der Waals surface area contributed by atoms with Crippen LogP contribution in [0.3, 0.4) is 0 Å². The van der Waals surface area contributed by atoms with Crippen molar-refractivity contribution in [3.05, 3.63) is 29.6 Å². The van der Waals surface area contributed by atoms with Crippen LogP contribution in [0.25, 0.3) is 11.0 Å². The van der Waals surface area contributed by atoms with Gasteiger partial charge in [0.05, 0.1) is 11.0 Å². The van der Waals surface area contributed by atoms with Gasteiger partial charge in [0.1, 0.15) is 0 Å². The summed E-state index contributed by atoms with van der Waals surface area (Å²) in [6.07, 6.45) is 3.01. The number of fused-ring (bicyclic) bond motifs is 3. The molecule has 3 nitrogen and oxygen atoms in total. The number of aryl methyl sites for hydroxylation is 1. The monoisotopic (exact) mass is 201 g/mol. The molecule has 3 heteroatoms. The summed E-state index contributed by atoms with van der Waals surface area (Å²) in [4.78, 5) is 6.86. The standard InChI is InChI=1S/C12H15N3/c1-14-7-5-9-11(8-14)15(2)10-4-3-6-13-12(9)10/h3-4,6H,5,7-8H2,1-2H3. The first-order valence-corrected chi connectivity index (χ1v) is 5.37. The lowest BCUT2D eigenvalue weighted by Gasteiger charge is -2.23. The molecule has 0 radical (unpaired) electrons. The number of rotatable bonds is 0. The topological polar surface area (TPSA) is 21.1 Å². The summed E-state index contributed by atoms with van der Waals surface area (Å²) >= 11 is 0. The number of aromatic nitrogens is 2. The number of hydrogen-bond donors (Lipinski definition) is 0. The van der Waals surface area contributed by atoms with Crippen molar-refractivity contribution >= 4 is 11.0 Å². The molecule has 0 unspecified atom stereocenters. The zero-order valence-corrected chi connectivity index (χ0v) is 9.20. The van der Waals surface area contributed by atoms with E-state index in [2.05, 4.69) is 34.6 Å². The van der Waals surface area contributed by atoms with Crippen LogP contribution >= 0.6 is 0 Å². The summed E-state index contributed by atoms with van der Waals surface area (Å²) < 4.78 is 2.29. The Labute approximate surface area is 89.3 Å². The van der Waals surface area contributed by atoms with Gasteiger partial charge in [0, 0.05) is 37.6 Å². The van der Waals surface area contributed by atoms with Crippen molar-refractivity contribution in [3.63, 3.8) is 0 Å². The molecule has 0 amide bonds. The molecule has 0 atom stereocenters. The minimum Gasteiger partial charge on any atom is -0.345 e. The van der Waals surface area contributed by atoms with E-state index in [4.69, 9.17) is 0 Å². The predicted octanol–water partition coefficient (Wildman–Crippen LogP) is 1.56. The first-order chi connectivity index (χ1) is 7.27. The van der Waals surface area contributed by atoms with Crippen LogP contribution in [0.15, 0.2) is 18.3 Å². The van der Waals surface area contributed by atoms with Crippen molar-refractivity contribution in [1.29, 1.82) is 0 Å². The van der Waals surface area contributed by atoms with Crippen LogP contribution in [0, 0.1) is 0 Å². The third-order valence-corrected chi connectivity index (χ3v) is 3.35. The predicted molar refractivity (Wildman–Crippen MR) is 60.8 cm³/mol. The summed E-state index contributed by atoms with van der Waals surface area (Å²) in [5.74, 6) is 0. The van der Waals surface area contributed by atoms with Crippen LogP contribution in [0.2, 0.25) is 0 Å². The zero-order valence-electron chi connectivity index (χ0n) is 9.20. The summed E-state index contributed by atoms with van der Waals surface area (Å²) in [7, 11) is 4.32. The first-order valence-electron chi connectivity index (χ1n) is 5.37. The van der Waals surface area contributed by atoms with E-state index in [0.717, 1.165) is 19.5 Å². The van der Waals surface area contributed by atoms with Gasteiger partial charge >= 0.3 is 0 Å². The largest absolute Gasteiger partial charge is 0.345 e. The number of pyridine rings is 1. The number of hydrogen-bond acceptors (Lipinski definition) is 2. The first kappa shape index (κ1) is 8.92. The Morgan fingerprint density at radius 1 is 1.33 bits per heavy atom. The van der Waals surface area contributed by atoms with Crippen LogP contribution in [-0.4, -0.2) is 28.0 Å². The van der Waals surface area contributed by atoms with Gasteiger partial charge in [0.15, 0.2) is 0 Å². The fourth-order valence-corrected chi connectivity index (χ4v) is 2.49. The fourth-order valence-electron chi connectivity index (χ4n) is 2.49. The Balaban J connectivity index is 2.32. The third-order valence-electron chi connectivity index (χ3n) is 3.35. The van der Waals surface area contributed by atoms with Gasteiger partial charge in [-0.25, -0.2) is 0 Å². The lowest BCUT2D eigenvalue weighted by molar-refractivity contribution is 0.305. The molecule has 0 N–H and O–H groups in total. The Hall–Kier alpha value is -1.35. The Bertz CT molecular complexity index is 513. The van der Waals surface area contributed by atoms with Gasteiger partial charge in [-0.3, -0.25) is 4.98 Å². The van der Waals surface area contributed by atoms with Gasteiger partial charge in [-0.05, 0) is 25.6 Å². The van der Waals surface area contributed by atoms with E-state index < -0.39 is 0 Å². The van der Waals surface area contributed by atoms with Crippen LogP contribution in [0.4, 0.5) is 0 Å². The molecule has 1 aliphatic heterocycles. The molecular formula is C12H15N3. The second kappa shape index (κ2) is 3.07. The molecule has 0 saturated carbocycles. The molecule has 3 rings (SSSR count). The van der Waals surface area contributed by atoms with Crippen molar-refractivity contribution < 1.29 is 0 Å². The van der Waals surface area contributed by atoms with Gasteiger partial charge < -0.3 is 9.47 Å². The molecule has 0 spiro atoms. The quantitative estimate of drug-likeness (QED) is 0.645. The molecule has 0 aromatic carbocycles. The molecule has 2 aromatic rings. The fraction of sp³-hybridized carbons (Fsp3) is 0.417. The van der Waals surface area contributed by atoms with Crippen LogP contribution in [0.1, 0.15) is 11.3 Å². The maximum Gasteiger partial charge on any atom is 0.0916 e. The Kier molecular flexibility index (Phi) is 1.83. The number of nitrogens with zero attached hydrogens (tertiary/aromatic N) is 3. The van der Waals surface area contributed by atoms with Crippen molar-refractivity contribution in [2.45, 2.75) is 13.0 Å². The highest BCUT2D eigenvalue weighted by molar-refractivity contribution is 5.81. The van der Waals surface area contributed by atoms with E-state index in [0.29, 0.717) is 0 Å². The highest BCUT2D eigenvalue weighted by Gasteiger charge is 2.20. The molecule has 0 fully saturated rings. The molecule has 0 saturated heterocycles. The highest BCUT2D eigenvalue weighted by atomic mass is 15.1. The van der Waals surface area contributed by atoms with Gasteiger partial charge in [-0.15, -0.1) is 0 Å². The second-order valence-electron chi connectivity index (χ2n) is 4.34. The average Bonchev–Trinajstić information content (AvgIpc) is 2.54. The molecule has 2 aromatic heterocycles. The van der Waals surface area contributed by atoms with Crippen LogP contribution in [-0.2, 0) is 20.0 Å². The van der Waals surface area contributed by atoms with Crippen molar-refractivity contribution in [3.8, 4) is 0 Å². The lowest BCUT2D eigenvalue weighted by Crippen LogP contribution is -2.27. The molecule has 0 aliphatic carbocycles. The summed E-state index contributed by atoms with van der Waals surface area (Å²) in [5, 5.41) is 0. The van der Waals surface area contributed by atoms with Crippen molar-refractivity contribution in [2.75, 3.05) is 13.6 Å². The van der Waals surface area contributed by atoms with E-state index >= 15 is 0 Å². The van der Waals surface area contributed by atoms with E-state index in [1.165, 1.54) is 22.3 Å². The summed E-state index contributed by atoms with van der Waals surface area (Å²) in [5.41, 5.74) is 5.34. The zero-order chi connectivity index (χ0) is 10.4. The average molecular weight is 201 g/mol. The smallest absolute Gasteiger partial charge is 0.0916 e. The maximum absolute atomic E-state index is 4.50. The molecule has 1 aliphatic rings. The van der Waals surface area contributed by atoms with Gasteiger partial charge in [0.25, 0.3) is 0 Å². The Morgan fingerprint density at radius 2 is 2.20 bits per heavy atom. The minimum absolute atomic E-state index is 1.04. The maximum atomic E-state index is 4.50. The molecular weight excluding hydrogens is 186 g/mol. The summed E-state index contributed by atoms with van der Waals surface area (Å²) in [6, 6.07) is 4.16. The second-order valence-corrected chi connectivity index (χ2v) is 4.34. The van der Waals surface area contributed by atoms with Gasteiger partial charge in [-0.2, -0.15) is 0 Å². The summed E-state index contributed by atoms with van der Waals surface area (Å²) in [6.45, 7) is 2.19. The van der Waals surface area contributed by atoms with Crippen molar-refractivity contribution in [1.82, 2.24) is 14.5 Å². The van der Waals surface area contributed by atoms with E-state index in [1.54, 1.807) is 0 Å². The third kappa shape index (κ3) is 1.20. The van der Waals surface area contributed by atoms with E-state index in [9.17, 15) is 0 Å². The van der Waals surface area contributed by atoms with E-state index in [1.807, 2.05) is 12.3 Å². The normalized spacial score (nSPS) is 16.9. The SMILES string of the molecule is CN1CCc2c(n(C)c3cccnc23)C1. The molecule has 0 bridgehead atoms. The van der Waals surface area contributed by atoms with Crippen LogP contribution in [0.5, 0.6) is 0 Å².